The van der Waals surface area contributed by atoms with Gasteiger partial charge < -0.3 is 4.74 Å². The van der Waals surface area contributed by atoms with Gasteiger partial charge in [0.15, 0.2) is 0 Å². The van der Waals surface area contributed by atoms with Gasteiger partial charge in [-0.25, -0.2) is 5.01 Å². The molecule has 3 nitrogen and oxygen atoms in total. The first-order valence-corrected chi connectivity index (χ1v) is 6.47. The Balaban J connectivity index is 1.68. The van der Waals surface area contributed by atoms with Gasteiger partial charge in [-0.2, -0.15) is 0 Å². The van der Waals surface area contributed by atoms with Crippen LogP contribution in [0.3, 0.4) is 0 Å². The van der Waals surface area contributed by atoms with E-state index in [1.807, 2.05) is 0 Å². The second-order valence-electron chi connectivity index (χ2n) is 4.65. The summed E-state index contributed by atoms with van der Waals surface area (Å²) in [6.07, 6.45) is 2.31. The molecular weight excluding hydrogens is 212 g/mol. The van der Waals surface area contributed by atoms with Crippen LogP contribution in [-0.4, -0.2) is 37.4 Å². The van der Waals surface area contributed by atoms with Gasteiger partial charge in [0.1, 0.15) is 0 Å². The van der Waals surface area contributed by atoms with Crippen molar-refractivity contribution in [2.24, 2.45) is 0 Å². The minimum Gasteiger partial charge on any atom is -0.379 e. The summed E-state index contributed by atoms with van der Waals surface area (Å²) in [6.45, 7) is 5.93. The van der Waals surface area contributed by atoms with E-state index in [-0.39, 0.29) is 0 Å². The Morgan fingerprint density at radius 3 is 2.65 bits per heavy atom. The summed E-state index contributed by atoms with van der Waals surface area (Å²) < 4.78 is 5.33. The molecule has 1 fully saturated rings. The summed E-state index contributed by atoms with van der Waals surface area (Å²) >= 11 is 0. The molecule has 1 aromatic rings. The Hall–Kier alpha value is -0.900. The zero-order chi connectivity index (χ0) is 11.9. The average molecular weight is 234 g/mol. The fraction of sp³-hybridized carbons (Fsp3) is 0.571. The Morgan fingerprint density at radius 2 is 1.94 bits per heavy atom. The number of nitrogens with one attached hydrogen (secondary N) is 1. The summed E-state index contributed by atoms with van der Waals surface area (Å²) in [7, 11) is 0. The van der Waals surface area contributed by atoms with Crippen molar-refractivity contribution in [2.45, 2.75) is 25.8 Å². The van der Waals surface area contributed by atoms with E-state index in [1.54, 1.807) is 0 Å². The Labute approximate surface area is 104 Å². The van der Waals surface area contributed by atoms with Crippen molar-refractivity contribution in [1.29, 1.82) is 0 Å². The lowest BCUT2D eigenvalue weighted by atomic mass is 10.1. The van der Waals surface area contributed by atoms with Crippen LogP contribution < -0.4 is 5.43 Å². The molecule has 1 heterocycles. The van der Waals surface area contributed by atoms with Crippen molar-refractivity contribution in [3.05, 3.63) is 35.9 Å². The molecule has 0 saturated carbocycles. The summed E-state index contributed by atoms with van der Waals surface area (Å²) in [5.74, 6) is 0. The minimum atomic E-state index is 0.522. The average Bonchev–Trinajstić information content (AvgIpc) is 2.39. The van der Waals surface area contributed by atoms with Crippen LogP contribution in [-0.2, 0) is 11.2 Å². The molecule has 0 bridgehead atoms. The van der Waals surface area contributed by atoms with Crippen LogP contribution in [0.15, 0.2) is 30.3 Å². The van der Waals surface area contributed by atoms with Crippen LogP contribution >= 0.6 is 0 Å². The second kappa shape index (κ2) is 6.74. The number of nitrogens with zero attached hydrogens (tertiary/aromatic N) is 1. The minimum absolute atomic E-state index is 0.522. The largest absolute Gasteiger partial charge is 0.379 e. The number of benzene rings is 1. The van der Waals surface area contributed by atoms with Gasteiger partial charge in [-0.15, -0.1) is 0 Å². The van der Waals surface area contributed by atoms with Gasteiger partial charge in [0.05, 0.1) is 13.2 Å². The SMILES string of the molecule is CC(CCc1ccccc1)NN1CCOCC1. The van der Waals surface area contributed by atoms with Crippen molar-refractivity contribution in [3.63, 3.8) is 0 Å². The van der Waals surface area contributed by atoms with Crippen LogP contribution in [0.1, 0.15) is 18.9 Å². The van der Waals surface area contributed by atoms with Crippen LogP contribution in [0.25, 0.3) is 0 Å². The fourth-order valence-corrected chi connectivity index (χ4v) is 2.10. The lowest BCUT2D eigenvalue weighted by molar-refractivity contribution is 0.00446. The molecule has 1 saturated heterocycles. The molecule has 0 radical (unpaired) electrons. The second-order valence-corrected chi connectivity index (χ2v) is 4.65. The molecule has 1 unspecified atom stereocenters. The molecule has 3 heteroatoms. The van der Waals surface area contributed by atoms with Gasteiger partial charge >= 0.3 is 0 Å². The lowest BCUT2D eigenvalue weighted by Gasteiger charge is -2.30. The van der Waals surface area contributed by atoms with Crippen LogP contribution in [0, 0.1) is 0 Å². The highest BCUT2D eigenvalue weighted by Crippen LogP contribution is 2.05. The van der Waals surface area contributed by atoms with Gasteiger partial charge in [0.2, 0.25) is 0 Å². The lowest BCUT2D eigenvalue weighted by Crippen LogP contribution is -2.49. The zero-order valence-corrected chi connectivity index (χ0v) is 10.6. The Bertz CT molecular complexity index is 309. The van der Waals surface area contributed by atoms with Gasteiger partial charge in [-0.05, 0) is 25.3 Å². The van der Waals surface area contributed by atoms with Crippen LogP contribution in [0.2, 0.25) is 0 Å². The Morgan fingerprint density at radius 1 is 1.24 bits per heavy atom. The predicted octanol–water partition coefficient (Wildman–Crippen LogP) is 1.84. The molecule has 1 N–H and O–H groups in total. The van der Waals surface area contributed by atoms with Crippen molar-refractivity contribution < 1.29 is 4.74 Å². The molecule has 0 spiro atoms. The van der Waals surface area contributed by atoms with E-state index >= 15 is 0 Å². The molecule has 2 rings (SSSR count). The molecular formula is C14H22N2O. The van der Waals surface area contributed by atoms with Crippen LogP contribution in [0.4, 0.5) is 0 Å². The summed E-state index contributed by atoms with van der Waals surface area (Å²) in [6, 6.07) is 11.2. The first-order chi connectivity index (χ1) is 8.34. The maximum atomic E-state index is 5.33. The Kier molecular flexibility index (Phi) is 4.98. The molecule has 1 atom stereocenters. The molecule has 17 heavy (non-hydrogen) atoms. The van der Waals surface area contributed by atoms with E-state index in [2.05, 4.69) is 47.7 Å². The molecule has 94 valence electrons. The third kappa shape index (κ3) is 4.46. The quantitative estimate of drug-likeness (QED) is 0.841. The summed E-state index contributed by atoms with van der Waals surface area (Å²) in [4.78, 5) is 0. The van der Waals surface area contributed by atoms with E-state index in [1.165, 1.54) is 12.0 Å². The smallest absolute Gasteiger partial charge is 0.0608 e. The summed E-state index contributed by atoms with van der Waals surface area (Å²) in [5, 5.41) is 2.28. The highest BCUT2D eigenvalue weighted by Gasteiger charge is 2.12. The number of rotatable bonds is 5. The van der Waals surface area contributed by atoms with Crippen molar-refractivity contribution in [2.75, 3.05) is 26.3 Å². The molecule has 0 amide bonds. The van der Waals surface area contributed by atoms with E-state index in [0.717, 1.165) is 32.7 Å². The normalized spacial score (nSPS) is 19.1. The fourth-order valence-electron chi connectivity index (χ4n) is 2.10. The number of ether oxygens (including phenoxy) is 1. The van der Waals surface area contributed by atoms with Gasteiger partial charge in [-0.3, -0.25) is 5.43 Å². The van der Waals surface area contributed by atoms with Crippen LogP contribution in [0.5, 0.6) is 0 Å². The number of hydrogen-bond acceptors (Lipinski definition) is 3. The molecule has 0 aliphatic carbocycles. The zero-order valence-electron chi connectivity index (χ0n) is 10.6. The standard InChI is InChI=1S/C14H22N2O/c1-13(15-16-9-11-17-12-10-16)7-8-14-5-3-2-4-6-14/h2-6,13,15H,7-12H2,1H3. The predicted molar refractivity (Wildman–Crippen MR) is 69.8 cm³/mol. The number of aryl methyl sites for hydroxylation is 1. The highest BCUT2D eigenvalue weighted by atomic mass is 16.5. The monoisotopic (exact) mass is 234 g/mol. The summed E-state index contributed by atoms with van der Waals surface area (Å²) in [5.41, 5.74) is 4.96. The van der Waals surface area contributed by atoms with Crippen molar-refractivity contribution >= 4 is 0 Å². The third-order valence-corrected chi connectivity index (χ3v) is 3.12. The van der Waals surface area contributed by atoms with Gasteiger partial charge in [0, 0.05) is 19.1 Å². The van der Waals surface area contributed by atoms with Gasteiger partial charge in [0.25, 0.3) is 0 Å². The van der Waals surface area contributed by atoms with Crippen molar-refractivity contribution in [1.82, 2.24) is 10.4 Å². The maximum absolute atomic E-state index is 5.33. The third-order valence-electron chi connectivity index (χ3n) is 3.12. The van der Waals surface area contributed by atoms with E-state index < -0.39 is 0 Å². The maximum Gasteiger partial charge on any atom is 0.0608 e. The van der Waals surface area contributed by atoms with E-state index in [4.69, 9.17) is 4.74 Å². The number of morpholine rings is 1. The molecule has 1 aromatic carbocycles. The highest BCUT2D eigenvalue weighted by molar-refractivity contribution is 5.14. The molecule has 0 aromatic heterocycles. The van der Waals surface area contributed by atoms with Crippen molar-refractivity contribution in [3.8, 4) is 0 Å². The van der Waals surface area contributed by atoms with E-state index in [9.17, 15) is 0 Å². The first kappa shape index (κ1) is 12.6. The number of hydrazine groups is 1. The number of hydrogen-bond donors (Lipinski definition) is 1. The van der Waals surface area contributed by atoms with E-state index in [0.29, 0.717) is 6.04 Å². The van der Waals surface area contributed by atoms with Gasteiger partial charge in [-0.1, -0.05) is 30.3 Å². The topological polar surface area (TPSA) is 24.5 Å². The first-order valence-electron chi connectivity index (χ1n) is 6.47. The molecule has 1 aliphatic rings. The molecule has 1 aliphatic heterocycles.